The van der Waals surface area contributed by atoms with Crippen LogP contribution in [-0.2, 0) is 4.79 Å². The number of benzene rings is 1. The standard InChI is InChI=1S/C21H28N4OS/c1-3-23-21(22-2)18-6-4-16(5-7-18)17-8-12-25(13-9-17)20(26)15-24-11-10-19(27)14-24/h3-7,17,19,27H,1-2,8-15H2. The summed E-state index contributed by atoms with van der Waals surface area (Å²) in [6.07, 6.45) is 4.57. The smallest absolute Gasteiger partial charge is 0.236 e. The number of amidine groups is 1. The van der Waals surface area contributed by atoms with Gasteiger partial charge in [-0.3, -0.25) is 9.69 Å². The second-order valence-electron chi connectivity index (χ2n) is 7.25. The predicted molar refractivity (Wildman–Crippen MR) is 115 cm³/mol. The van der Waals surface area contributed by atoms with Gasteiger partial charge >= 0.3 is 0 Å². The van der Waals surface area contributed by atoms with Gasteiger partial charge in [0, 0.05) is 36.6 Å². The van der Waals surface area contributed by atoms with Crippen LogP contribution in [0.2, 0.25) is 0 Å². The van der Waals surface area contributed by atoms with Crippen LogP contribution in [0.4, 0.5) is 0 Å². The molecule has 2 heterocycles. The van der Waals surface area contributed by atoms with Gasteiger partial charge in [-0.1, -0.05) is 30.8 Å². The zero-order chi connectivity index (χ0) is 19.2. The van der Waals surface area contributed by atoms with E-state index in [2.05, 4.69) is 52.9 Å². The van der Waals surface area contributed by atoms with Gasteiger partial charge in [0.1, 0.15) is 0 Å². The lowest BCUT2D eigenvalue weighted by atomic mass is 9.89. The zero-order valence-electron chi connectivity index (χ0n) is 15.8. The number of hydrogen-bond acceptors (Lipinski definition) is 4. The number of aliphatic imine (C=N–C) groups is 2. The van der Waals surface area contributed by atoms with Gasteiger partial charge in [-0.15, -0.1) is 0 Å². The summed E-state index contributed by atoms with van der Waals surface area (Å²) in [5, 5.41) is 0.417. The largest absolute Gasteiger partial charge is 0.342 e. The van der Waals surface area contributed by atoms with E-state index < -0.39 is 0 Å². The summed E-state index contributed by atoms with van der Waals surface area (Å²) in [6, 6.07) is 8.34. The monoisotopic (exact) mass is 384 g/mol. The number of thiol groups is 1. The van der Waals surface area contributed by atoms with Crippen molar-refractivity contribution in [2.45, 2.75) is 30.4 Å². The summed E-state index contributed by atoms with van der Waals surface area (Å²) in [7, 11) is 0. The third-order valence-electron chi connectivity index (χ3n) is 5.46. The number of amides is 1. The first-order valence-corrected chi connectivity index (χ1v) is 10.1. The Kier molecular flexibility index (Phi) is 6.85. The van der Waals surface area contributed by atoms with Crippen LogP contribution < -0.4 is 0 Å². The second-order valence-corrected chi connectivity index (χ2v) is 7.98. The van der Waals surface area contributed by atoms with Crippen LogP contribution in [0.3, 0.4) is 0 Å². The lowest BCUT2D eigenvalue weighted by Gasteiger charge is -2.33. The van der Waals surface area contributed by atoms with Gasteiger partial charge in [0.25, 0.3) is 0 Å². The van der Waals surface area contributed by atoms with Gasteiger partial charge in [-0.25, -0.2) is 9.98 Å². The Hall–Kier alpha value is -1.92. The molecule has 1 aromatic carbocycles. The first-order chi connectivity index (χ1) is 13.1. The molecule has 0 saturated carbocycles. The van der Waals surface area contributed by atoms with Gasteiger partial charge in [-0.2, -0.15) is 12.6 Å². The maximum absolute atomic E-state index is 12.5. The lowest BCUT2D eigenvalue weighted by molar-refractivity contribution is -0.133. The minimum Gasteiger partial charge on any atom is -0.342 e. The van der Waals surface area contributed by atoms with E-state index >= 15 is 0 Å². The Morgan fingerprint density at radius 1 is 1.19 bits per heavy atom. The fourth-order valence-electron chi connectivity index (χ4n) is 3.91. The quantitative estimate of drug-likeness (QED) is 0.482. The molecular formula is C21H28N4OS. The molecule has 2 aliphatic rings. The normalized spacial score (nSPS) is 22.0. The molecule has 1 unspecified atom stereocenters. The number of carbonyl (C=O) groups is 1. The van der Waals surface area contributed by atoms with Crippen LogP contribution in [0.1, 0.15) is 36.3 Å². The van der Waals surface area contributed by atoms with Crippen LogP contribution in [0.5, 0.6) is 0 Å². The van der Waals surface area contributed by atoms with E-state index in [0.717, 1.165) is 51.0 Å². The van der Waals surface area contributed by atoms with Gasteiger partial charge in [0.15, 0.2) is 5.84 Å². The molecule has 5 nitrogen and oxygen atoms in total. The Bertz CT molecular complexity index is 707. The molecule has 0 aromatic heterocycles. The van der Waals surface area contributed by atoms with E-state index in [0.29, 0.717) is 23.5 Å². The summed E-state index contributed by atoms with van der Waals surface area (Å²) in [5.41, 5.74) is 2.25. The Morgan fingerprint density at radius 2 is 1.89 bits per heavy atom. The van der Waals surface area contributed by atoms with E-state index in [1.165, 1.54) is 11.8 Å². The number of piperidine rings is 1. The molecule has 0 N–H and O–H groups in total. The van der Waals surface area contributed by atoms with Crippen LogP contribution in [0.25, 0.3) is 0 Å². The van der Waals surface area contributed by atoms with Crippen LogP contribution in [-0.4, -0.2) is 66.2 Å². The maximum atomic E-state index is 12.5. The summed E-state index contributed by atoms with van der Waals surface area (Å²) in [4.78, 5) is 24.9. The van der Waals surface area contributed by atoms with Gasteiger partial charge < -0.3 is 4.90 Å². The summed E-state index contributed by atoms with van der Waals surface area (Å²) < 4.78 is 0. The van der Waals surface area contributed by atoms with Gasteiger partial charge in [-0.05, 0) is 44.0 Å². The highest BCUT2D eigenvalue weighted by atomic mass is 32.1. The topological polar surface area (TPSA) is 48.3 Å². The molecule has 3 rings (SSSR count). The fourth-order valence-corrected chi connectivity index (χ4v) is 4.25. The second kappa shape index (κ2) is 9.33. The molecule has 0 bridgehead atoms. The SMILES string of the molecule is C=CN=C(N=C)c1ccc(C2CCN(C(=O)CN3CCC(S)C3)CC2)cc1. The molecule has 2 saturated heterocycles. The molecule has 1 aromatic rings. The third-order valence-corrected chi connectivity index (χ3v) is 5.88. The fraction of sp³-hybridized carbons (Fsp3) is 0.476. The molecular weight excluding hydrogens is 356 g/mol. The number of likely N-dealkylation sites (tertiary alicyclic amines) is 2. The Labute approximate surface area is 167 Å². The van der Waals surface area contributed by atoms with Crippen molar-refractivity contribution in [1.82, 2.24) is 9.80 Å². The van der Waals surface area contributed by atoms with E-state index in [1.807, 2.05) is 17.0 Å². The number of rotatable bonds is 5. The number of hydrogen-bond donors (Lipinski definition) is 1. The van der Waals surface area contributed by atoms with Crippen LogP contribution >= 0.6 is 12.6 Å². The summed E-state index contributed by atoms with van der Waals surface area (Å²) in [6.45, 7) is 11.3. The lowest BCUT2D eigenvalue weighted by Crippen LogP contribution is -2.43. The minimum atomic E-state index is 0.258. The molecule has 0 aliphatic carbocycles. The molecule has 0 radical (unpaired) electrons. The molecule has 144 valence electrons. The highest BCUT2D eigenvalue weighted by Crippen LogP contribution is 2.28. The average molecular weight is 385 g/mol. The predicted octanol–water partition coefficient (Wildman–Crippen LogP) is 2.99. The van der Waals surface area contributed by atoms with Crippen molar-refractivity contribution in [3.8, 4) is 0 Å². The van der Waals surface area contributed by atoms with E-state index in [-0.39, 0.29) is 5.91 Å². The van der Waals surface area contributed by atoms with Crippen LogP contribution in [0.15, 0.2) is 47.0 Å². The molecule has 2 aliphatic heterocycles. The first-order valence-electron chi connectivity index (χ1n) is 9.54. The van der Waals surface area contributed by atoms with Crippen molar-refractivity contribution in [2.75, 3.05) is 32.7 Å². The van der Waals surface area contributed by atoms with Crippen molar-refractivity contribution in [3.63, 3.8) is 0 Å². The minimum absolute atomic E-state index is 0.258. The highest BCUT2D eigenvalue weighted by molar-refractivity contribution is 7.81. The van der Waals surface area contributed by atoms with Crippen LogP contribution in [0, 0.1) is 0 Å². The maximum Gasteiger partial charge on any atom is 0.236 e. The van der Waals surface area contributed by atoms with Crippen molar-refractivity contribution in [2.24, 2.45) is 9.98 Å². The Morgan fingerprint density at radius 3 is 2.44 bits per heavy atom. The number of carbonyl (C=O) groups excluding carboxylic acids is 1. The molecule has 6 heteroatoms. The van der Waals surface area contributed by atoms with Crippen molar-refractivity contribution in [3.05, 3.63) is 48.2 Å². The number of nitrogens with zero attached hydrogens (tertiary/aromatic N) is 4. The van der Waals surface area contributed by atoms with Crippen molar-refractivity contribution in [1.29, 1.82) is 0 Å². The average Bonchev–Trinajstić information content (AvgIpc) is 3.11. The molecule has 2 fully saturated rings. The molecule has 0 spiro atoms. The van der Waals surface area contributed by atoms with Gasteiger partial charge in [0.2, 0.25) is 5.91 Å². The Balaban J connectivity index is 1.53. The van der Waals surface area contributed by atoms with E-state index in [9.17, 15) is 4.79 Å². The first kappa shape index (κ1) is 19.8. The summed E-state index contributed by atoms with van der Waals surface area (Å²) in [5.74, 6) is 1.34. The van der Waals surface area contributed by atoms with Crippen molar-refractivity contribution >= 4 is 31.1 Å². The van der Waals surface area contributed by atoms with Crippen molar-refractivity contribution < 1.29 is 4.79 Å². The highest BCUT2D eigenvalue weighted by Gasteiger charge is 2.27. The van der Waals surface area contributed by atoms with Gasteiger partial charge in [0.05, 0.1) is 6.54 Å². The third kappa shape index (κ3) is 5.08. The molecule has 1 amide bonds. The van der Waals surface area contributed by atoms with E-state index in [4.69, 9.17) is 0 Å². The molecule has 1 atom stereocenters. The zero-order valence-corrected chi connectivity index (χ0v) is 16.7. The molecule has 27 heavy (non-hydrogen) atoms. The summed E-state index contributed by atoms with van der Waals surface area (Å²) >= 11 is 4.50. The van der Waals surface area contributed by atoms with E-state index in [1.54, 1.807) is 0 Å².